The van der Waals surface area contributed by atoms with Crippen LogP contribution in [0.2, 0.25) is 5.02 Å². The first kappa shape index (κ1) is 28.9. The van der Waals surface area contributed by atoms with Crippen molar-refractivity contribution in [2.45, 2.75) is 35.4 Å². The standard InChI is InChI=1S/C33H24ClF3N2O4S2/c34-18-5-1-3-15(11-18)14-43-20-9-7-16(8-10-20)23-24-21-13-22(27(24)44-29-28(23)45-32(42)38-29)26-25(21)30(40)39(31(26)41)19-6-2-4-17(12-19)33(35,36)37/h1-12,21-27H,13-14H2,(H,38,42)/t21?,22?,23-,24?,25?,26?,27?/m1/s1. The first-order chi connectivity index (χ1) is 21.6. The number of aromatic nitrogens is 1. The van der Waals surface area contributed by atoms with Gasteiger partial charge in [-0.2, -0.15) is 13.2 Å². The molecular weight excluding hydrogens is 645 g/mol. The van der Waals surface area contributed by atoms with Crippen molar-refractivity contribution >= 4 is 52.2 Å². The number of halogens is 4. The Labute approximate surface area is 268 Å². The molecule has 45 heavy (non-hydrogen) atoms. The number of anilines is 1. The molecule has 2 saturated carbocycles. The van der Waals surface area contributed by atoms with Gasteiger partial charge in [0, 0.05) is 21.1 Å². The number of amides is 2. The number of carbonyl (C=O) groups excluding carboxylic acids is 2. The molecule has 1 N–H and O–H groups in total. The summed E-state index contributed by atoms with van der Waals surface area (Å²) in [5, 5.41) is 1.38. The molecule has 6 unspecified atom stereocenters. The summed E-state index contributed by atoms with van der Waals surface area (Å²) >= 11 is 8.82. The van der Waals surface area contributed by atoms with Crippen molar-refractivity contribution in [1.29, 1.82) is 0 Å². The summed E-state index contributed by atoms with van der Waals surface area (Å²) < 4.78 is 46.4. The van der Waals surface area contributed by atoms with E-state index < -0.39 is 35.4 Å². The fraction of sp³-hybridized carbons (Fsp3) is 0.303. The molecule has 2 aliphatic heterocycles. The van der Waals surface area contributed by atoms with Gasteiger partial charge in [-0.15, -0.1) is 11.8 Å². The Balaban J connectivity index is 1.11. The second kappa shape index (κ2) is 10.5. The van der Waals surface area contributed by atoms with Crippen LogP contribution in [0.1, 0.15) is 33.9 Å². The lowest BCUT2D eigenvalue weighted by Gasteiger charge is -2.43. The SMILES string of the molecule is O=C1C2C3CC(C2C(=O)N1c1cccc(C(F)(F)F)c1)C1C3Sc2[nH]c(=O)sc2[C@@H]1c1ccc(OCc2cccc(Cl)c2)cc1. The lowest BCUT2D eigenvalue weighted by molar-refractivity contribution is -0.137. The molecule has 2 bridgehead atoms. The van der Waals surface area contributed by atoms with Crippen LogP contribution in [0.4, 0.5) is 18.9 Å². The first-order valence-corrected chi connectivity index (χ1v) is 16.6. The Morgan fingerprint density at radius 3 is 2.40 bits per heavy atom. The number of carbonyl (C=O) groups is 2. The Kier molecular flexibility index (Phi) is 6.74. The minimum absolute atomic E-state index is 0.0309. The number of hydrogen-bond donors (Lipinski definition) is 1. The number of ether oxygens (including phenoxy) is 1. The Morgan fingerprint density at radius 1 is 0.933 bits per heavy atom. The van der Waals surface area contributed by atoms with Crippen LogP contribution in [0.3, 0.4) is 0 Å². The molecule has 4 aliphatic rings. The molecular formula is C33H24ClF3N2O4S2. The van der Waals surface area contributed by atoms with E-state index in [0.29, 0.717) is 23.8 Å². The Morgan fingerprint density at radius 2 is 1.67 bits per heavy atom. The number of imide groups is 1. The molecule has 2 aliphatic carbocycles. The Bertz CT molecular complexity index is 1910. The van der Waals surface area contributed by atoms with Gasteiger partial charge >= 0.3 is 11.0 Å². The summed E-state index contributed by atoms with van der Waals surface area (Å²) in [6.07, 6.45) is -3.91. The third-order valence-electron chi connectivity index (χ3n) is 9.69. The monoisotopic (exact) mass is 668 g/mol. The summed E-state index contributed by atoms with van der Waals surface area (Å²) in [6, 6.07) is 19.6. The molecule has 4 aromatic rings. The van der Waals surface area contributed by atoms with E-state index in [-0.39, 0.29) is 39.5 Å². The molecule has 8 rings (SSSR count). The maximum atomic E-state index is 13.9. The van der Waals surface area contributed by atoms with Crippen LogP contribution in [0.15, 0.2) is 82.6 Å². The zero-order valence-corrected chi connectivity index (χ0v) is 25.7. The molecule has 3 heterocycles. The minimum Gasteiger partial charge on any atom is -0.489 e. The highest BCUT2D eigenvalue weighted by Gasteiger charge is 2.69. The lowest BCUT2D eigenvalue weighted by atomic mass is 9.68. The number of thiazole rings is 1. The average molecular weight is 669 g/mol. The summed E-state index contributed by atoms with van der Waals surface area (Å²) in [4.78, 5) is 45.0. The maximum Gasteiger partial charge on any atom is 0.416 e. The van der Waals surface area contributed by atoms with Gasteiger partial charge in [0.2, 0.25) is 11.8 Å². The number of aromatic amines is 1. The van der Waals surface area contributed by atoms with Gasteiger partial charge in [0.25, 0.3) is 0 Å². The molecule has 12 heteroatoms. The number of thioether (sulfide) groups is 1. The molecule has 7 atom stereocenters. The van der Waals surface area contributed by atoms with E-state index in [1.165, 1.54) is 23.5 Å². The van der Waals surface area contributed by atoms with Crippen LogP contribution >= 0.6 is 34.7 Å². The van der Waals surface area contributed by atoms with E-state index in [9.17, 15) is 27.6 Å². The smallest absolute Gasteiger partial charge is 0.416 e. The zero-order valence-electron chi connectivity index (χ0n) is 23.3. The van der Waals surface area contributed by atoms with E-state index in [4.69, 9.17) is 16.3 Å². The Hall–Kier alpha value is -3.54. The van der Waals surface area contributed by atoms with Gasteiger partial charge in [0.1, 0.15) is 12.4 Å². The topological polar surface area (TPSA) is 79.5 Å². The van der Waals surface area contributed by atoms with Crippen LogP contribution in [0, 0.1) is 29.6 Å². The van der Waals surface area contributed by atoms with Gasteiger partial charge in [0.15, 0.2) is 0 Å². The van der Waals surface area contributed by atoms with E-state index in [1.54, 1.807) is 17.8 Å². The normalized spacial score (nSPS) is 28.3. The number of nitrogens with zero attached hydrogens (tertiary/aromatic N) is 1. The van der Waals surface area contributed by atoms with Crippen molar-refractivity contribution in [3.8, 4) is 5.75 Å². The molecule has 3 aromatic carbocycles. The van der Waals surface area contributed by atoms with Gasteiger partial charge in [-0.05, 0) is 77.8 Å². The molecule has 0 spiro atoms. The van der Waals surface area contributed by atoms with E-state index in [0.717, 1.165) is 38.1 Å². The van der Waals surface area contributed by atoms with E-state index in [1.807, 2.05) is 42.5 Å². The second-order valence-corrected chi connectivity index (χ2v) is 14.6. The molecule has 2 amide bonds. The third kappa shape index (κ3) is 4.65. The van der Waals surface area contributed by atoms with Crippen molar-refractivity contribution in [2.75, 3.05) is 4.90 Å². The number of fused-ring (bicyclic) bond motifs is 9. The fourth-order valence-electron chi connectivity index (χ4n) is 8.03. The highest BCUT2D eigenvalue weighted by molar-refractivity contribution is 8.00. The summed E-state index contributed by atoms with van der Waals surface area (Å²) in [5.41, 5.74) is 0.968. The average Bonchev–Trinajstić information content (AvgIpc) is 3.75. The quantitative estimate of drug-likeness (QED) is 0.225. The molecule has 1 saturated heterocycles. The fourth-order valence-corrected chi connectivity index (χ4v) is 11.1. The summed E-state index contributed by atoms with van der Waals surface area (Å²) in [5.74, 6) is -1.91. The first-order valence-electron chi connectivity index (χ1n) is 14.5. The van der Waals surface area contributed by atoms with Crippen molar-refractivity contribution < 1.29 is 27.5 Å². The number of alkyl halides is 3. The predicted molar refractivity (Wildman–Crippen MR) is 165 cm³/mol. The molecule has 230 valence electrons. The van der Waals surface area contributed by atoms with Crippen LogP contribution < -0.4 is 14.5 Å². The van der Waals surface area contributed by atoms with Crippen molar-refractivity contribution in [3.05, 3.63) is 109 Å². The van der Waals surface area contributed by atoms with Gasteiger partial charge in [-0.25, -0.2) is 0 Å². The van der Waals surface area contributed by atoms with Crippen LogP contribution in [0.5, 0.6) is 5.75 Å². The number of H-pyrrole nitrogens is 1. The molecule has 3 fully saturated rings. The van der Waals surface area contributed by atoms with Gasteiger partial charge < -0.3 is 9.72 Å². The lowest BCUT2D eigenvalue weighted by Crippen LogP contribution is -2.42. The van der Waals surface area contributed by atoms with Crippen LogP contribution in [-0.2, 0) is 22.4 Å². The number of nitrogens with one attached hydrogen (secondary N) is 1. The second-order valence-electron chi connectivity index (χ2n) is 12.0. The maximum absolute atomic E-state index is 13.9. The molecule has 0 radical (unpaired) electrons. The third-order valence-corrected chi connectivity index (χ3v) is 12.5. The largest absolute Gasteiger partial charge is 0.489 e. The molecule has 6 nitrogen and oxygen atoms in total. The highest BCUT2D eigenvalue weighted by atomic mass is 35.5. The highest BCUT2D eigenvalue weighted by Crippen LogP contribution is 2.68. The van der Waals surface area contributed by atoms with Crippen LogP contribution in [0.25, 0.3) is 0 Å². The predicted octanol–water partition coefficient (Wildman–Crippen LogP) is 7.37. The summed E-state index contributed by atoms with van der Waals surface area (Å²) in [7, 11) is 0. The summed E-state index contributed by atoms with van der Waals surface area (Å²) in [6.45, 7) is 0.347. The molecule has 1 aromatic heterocycles. The van der Waals surface area contributed by atoms with E-state index >= 15 is 0 Å². The van der Waals surface area contributed by atoms with Crippen molar-refractivity contribution in [1.82, 2.24) is 4.98 Å². The van der Waals surface area contributed by atoms with Crippen molar-refractivity contribution in [2.24, 2.45) is 29.6 Å². The van der Waals surface area contributed by atoms with Gasteiger partial charge in [0.05, 0.1) is 28.1 Å². The van der Waals surface area contributed by atoms with Gasteiger partial charge in [-0.3, -0.25) is 19.3 Å². The minimum atomic E-state index is -4.60. The van der Waals surface area contributed by atoms with Crippen molar-refractivity contribution in [3.63, 3.8) is 0 Å². The van der Waals surface area contributed by atoms with Gasteiger partial charge in [-0.1, -0.05) is 53.3 Å². The number of benzene rings is 3. The zero-order chi connectivity index (χ0) is 31.2. The number of rotatable bonds is 5. The number of hydrogen-bond acceptors (Lipinski definition) is 6. The van der Waals surface area contributed by atoms with E-state index in [2.05, 4.69) is 4.98 Å². The van der Waals surface area contributed by atoms with Crippen LogP contribution in [-0.4, -0.2) is 22.0 Å².